The van der Waals surface area contributed by atoms with Crippen LogP contribution in [0.15, 0.2) is 60.8 Å². The highest BCUT2D eigenvalue weighted by atomic mass is 16.3. The predicted molar refractivity (Wildman–Crippen MR) is 106 cm³/mol. The van der Waals surface area contributed by atoms with E-state index in [2.05, 4.69) is 48.0 Å². The molecule has 3 rings (SSSR count). The molecule has 0 radical (unpaired) electrons. The highest BCUT2D eigenvalue weighted by Gasteiger charge is 2.06. The molecule has 0 aliphatic rings. The van der Waals surface area contributed by atoms with Crippen LogP contribution in [0.25, 0.3) is 0 Å². The topological polar surface area (TPSA) is 33.1 Å². The number of nitrogens with zero attached hydrogens (tertiary/aromatic N) is 1. The molecule has 2 heteroatoms. The smallest absolute Gasteiger partial charge is 0.142 e. The molecular formula is C24H23NO. The third kappa shape index (κ3) is 4.39. The number of aliphatic hydroxyl groups is 1. The minimum atomic E-state index is -0.838. The van der Waals surface area contributed by atoms with Gasteiger partial charge in [-0.2, -0.15) is 0 Å². The second kappa shape index (κ2) is 7.99. The third-order valence-corrected chi connectivity index (χ3v) is 4.45. The van der Waals surface area contributed by atoms with Crippen molar-refractivity contribution in [3.05, 3.63) is 99.9 Å². The molecule has 1 atom stereocenters. The van der Waals surface area contributed by atoms with Crippen LogP contribution in [0.3, 0.4) is 0 Å². The second-order valence-electron chi connectivity index (χ2n) is 6.69. The summed E-state index contributed by atoms with van der Waals surface area (Å²) in [4.78, 5) is 4.49. The molecule has 0 aliphatic heterocycles. The van der Waals surface area contributed by atoms with E-state index in [9.17, 15) is 5.11 Å². The molecule has 3 aromatic rings. The summed E-state index contributed by atoms with van der Waals surface area (Å²) in [6.07, 6.45) is 1.66. The fraction of sp³-hybridized carbons (Fsp3) is 0.208. The number of aliphatic hydroxyl groups excluding tert-OH is 1. The zero-order valence-corrected chi connectivity index (χ0v) is 15.5. The Hall–Kier alpha value is -2.89. The van der Waals surface area contributed by atoms with Crippen LogP contribution >= 0.6 is 0 Å². The molecule has 130 valence electrons. The lowest BCUT2D eigenvalue weighted by molar-refractivity contribution is 0.238. The fourth-order valence-corrected chi connectivity index (χ4v) is 2.97. The maximum Gasteiger partial charge on any atom is 0.142 e. The van der Waals surface area contributed by atoms with Crippen molar-refractivity contribution in [3.63, 3.8) is 0 Å². The summed E-state index contributed by atoms with van der Waals surface area (Å²) in [7, 11) is 0. The summed E-state index contributed by atoms with van der Waals surface area (Å²) in [6, 6.07) is 18.4. The van der Waals surface area contributed by atoms with Gasteiger partial charge in [-0.1, -0.05) is 65.9 Å². The minimum absolute atomic E-state index is 0.719. The summed E-state index contributed by atoms with van der Waals surface area (Å²) in [5.74, 6) is 6.05. The predicted octanol–water partition coefficient (Wildman–Crippen LogP) is 4.68. The van der Waals surface area contributed by atoms with E-state index in [0.29, 0.717) is 0 Å². The Kier molecular flexibility index (Phi) is 5.51. The van der Waals surface area contributed by atoms with Crippen LogP contribution in [0.1, 0.15) is 45.2 Å². The molecule has 1 aromatic heterocycles. The fourth-order valence-electron chi connectivity index (χ4n) is 2.97. The van der Waals surface area contributed by atoms with Gasteiger partial charge in [0, 0.05) is 29.4 Å². The lowest BCUT2D eigenvalue weighted by Crippen LogP contribution is -1.98. The Balaban J connectivity index is 1.73. The van der Waals surface area contributed by atoms with E-state index in [-0.39, 0.29) is 0 Å². The molecule has 1 unspecified atom stereocenters. The molecule has 26 heavy (non-hydrogen) atoms. The van der Waals surface area contributed by atoms with Crippen LogP contribution < -0.4 is 0 Å². The minimum Gasteiger partial charge on any atom is -0.376 e. The Morgan fingerprint density at radius 2 is 1.69 bits per heavy atom. The van der Waals surface area contributed by atoms with Crippen LogP contribution in [-0.4, -0.2) is 10.1 Å². The Morgan fingerprint density at radius 1 is 0.962 bits per heavy atom. The number of hydrogen-bond acceptors (Lipinski definition) is 2. The average Bonchev–Trinajstić information content (AvgIpc) is 2.62. The standard InChI is InChI=1S/C24H23NO/c1-17-6-4-9-20(14-17)15-22-11-10-21(16-25-22)24(26)13-12-23-18(2)7-5-8-19(23)3/h4-11,14,16,24,26H,15H2,1-3H3. The molecule has 0 aliphatic carbocycles. The molecule has 0 bridgehead atoms. The van der Waals surface area contributed by atoms with Crippen molar-refractivity contribution >= 4 is 0 Å². The number of aryl methyl sites for hydroxylation is 3. The highest BCUT2D eigenvalue weighted by Crippen LogP contribution is 2.16. The van der Waals surface area contributed by atoms with E-state index in [1.165, 1.54) is 11.1 Å². The largest absolute Gasteiger partial charge is 0.376 e. The first kappa shape index (κ1) is 17.9. The van der Waals surface area contributed by atoms with Crippen LogP contribution in [0.4, 0.5) is 0 Å². The van der Waals surface area contributed by atoms with E-state index in [0.717, 1.165) is 34.4 Å². The van der Waals surface area contributed by atoms with Crippen molar-refractivity contribution in [3.8, 4) is 11.8 Å². The monoisotopic (exact) mass is 341 g/mol. The van der Waals surface area contributed by atoms with Crippen molar-refractivity contribution in [1.82, 2.24) is 4.98 Å². The molecule has 1 N–H and O–H groups in total. The molecule has 0 saturated heterocycles. The van der Waals surface area contributed by atoms with Gasteiger partial charge in [0.05, 0.1) is 0 Å². The van der Waals surface area contributed by atoms with E-state index in [4.69, 9.17) is 0 Å². The summed E-state index contributed by atoms with van der Waals surface area (Å²) in [5, 5.41) is 10.4. The van der Waals surface area contributed by atoms with Gasteiger partial charge in [0.15, 0.2) is 0 Å². The summed E-state index contributed by atoms with van der Waals surface area (Å²) in [5.41, 5.74) is 7.41. The Morgan fingerprint density at radius 3 is 2.35 bits per heavy atom. The quantitative estimate of drug-likeness (QED) is 0.702. The summed E-state index contributed by atoms with van der Waals surface area (Å²) in [6.45, 7) is 6.15. The lowest BCUT2D eigenvalue weighted by Gasteiger charge is -2.07. The van der Waals surface area contributed by atoms with Crippen molar-refractivity contribution < 1.29 is 5.11 Å². The molecule has 0 amide bonds. The van der Waals surface area contributed by atoms with Gasteiger partial charge in [-0.3, -0.25) is 4.98 Å². The van der Waals surface area contributed by atoms with E-state index >= 15 is 0 Å². The Bertz CT molecular complexity index is 941. The van der Waals surface area contributed by atoms with Gasteiger partial charge in [0.2, 0.25) is 0 Å². The second-order valence-corrected chi connectivity index (χ2v) is 6.69. The van der Waals surface area contributed by atoms with Gasteiger partial charge in [-0.15, -0.1) is 0 Å². The van der Waals surface area contributed by atoms with Crippen LogP contribution in [0, 0.1) is 32.6 Å². The lowest BCUT2D eigenvalue weighted by atomic mass is 10.0. The van der Waals surface area contributed by atoms with Crippen molar-refractivity contribution in [2.45, 2.75) is 33.3 Å². The van der Waals surface area contributed by atoms with Gasteiger partial charge >= 0.3 is 0 Å². The average molecular weight is 341 g/mol. The van der Waals surface area contributed by atoms with E-state index in [1.807, 2.05) is 44.2 Å². The first-order chi connectivity index (χ1) is 12.5. The van der Waals surface area contributed by atoms with Gasteiger partial charge in [-0.25, -0.2) is 0 Å². The first-order valence-electron chi connectivity index (χ1n) is 8.79. The maximum atomic E-state index is 10.4. The number of benzene rings is 2. The van der Waals surface area contributed by atoms with Gasteiger partial charge < -0.3 is 5.11 Å². The van der Waals surface area contributed by atoms with Crippen LogP contribution in [0.5, 0.6) is 0 Å². The zero-order chi connectivity index (χ0) is 18.5. The number of pyridine rings is 1. The van der Waals surface area contributed by atoms with Crippen molar-refractivity contribution in [2.75, 3.05) is 0 Å². The highest BCUT2D eigenvalue weighted by molar-refractivity contribution is 5.47. The Labute approximate surface area is 155 Å². The zero-order valence-electron chi connectivity index (χ0n) is 15.5. The summed E-state index contributed by atoms with van der Waals surface area (Å²) < 4.78 is 0. The first-order valence-corrected chi connectivity index (χ1v) is 8.79. The van der Waals surface area contributed by atoms with Gasteiger partial charge in [0.1, 0.15) is 6.10 Å². The van der Waals surface area contributed by atoms with Crippen molar-refractivity contribution in [1.29, 1.82) is 0 Å². The third-order valence-electron chi connectivity index (χ3n) is 4.45. The molecule has 0 saturated carbocycles. The molecular weight excluding hydrogens is 318 g/mol. The van der Waals surface area contributed by atoms with Crippen molar-refractivity contribution in [2.24, 2.45) is 0 Å². The number of hydrogen-bond donors (Lipinski definition) is 1. The SMILES string of the molecule is Cc1cccc(Cc2ccc(C(O)C#Cc3c(C)cccc3C)cn2)c1. The molecule has 0 fully saturated rings. The molecule has 2 nitrogen and oxygen atoms in total. The van der Waals surface area contributed by atoms with E-state index < -0.39 is 6.10 Å². The van der Waals surface area contributed by atoms with Gasteiger partial charge in [-0.05, 0) is 43.5 Å². The number of rotatable bonds is 3. The van der Waals surface area contributed by atoms with Crippen LogP contribution in [0.2, 0.25) is 0 Å². The normalized spacial score (nSPS) is 11.5. The summed E-state index contributed by atoms with van der Waals surface area (Å²) >= 11 is 0. The molecule has 2 aromatic carbocycles. The molecule has 1 heterocycles. The number of aromatic nitrogens is 1. The van der Waals surface area contributed by atoms with E-state index in [1.54, 1.807) is 6.20 Å². The maximum absolute atomic E-state index is 10.4. The molecule has 0 spiro atoms. The van der Waals surface area contributed by atoms with Gasteiger partial charge in [0.25, 0.3) is 0 Å². The van der Waals surface area contributed by atoms with Crippen LogP contribution in [-0.2, 0) is 6.42 Å².